The van der Waals surface area contributed by atoms with Crippen molar-refractivity contribution in [2.75, 3.05) is 19.0 Å². The highest BCUT2D eigenvalue weighted by Gasteiger charge is 2.19. The number of methoxy groups -OCH3 is 1. The Labute approximate surface area is 237 Å². The van der Waals surface area contributed by atoms with Gasteiger partial charge in [-0.05, 0) is 78.7 Å². The van der Waals surface area contributed by atoms with Crippen molar-refractivity contribution in [2.24, 2.45) is 0 Å². The minimum absolute atomic E-state index is 0.0786. The molecule has 0 radical (unpaired) electrons. The van der Waals surface area contributed by atoms with E-state index in [2.05, 4.69) is 15.0 Å². The van der Waals surface area contributed by atoms with Crippen LogP contribution in [-0.4, -0.2) is 33.0 Å². The molecule has 0 saturated heterocycles. The summed E-state index contributed by atoms with van der Waals surface area (Å²) in [6.45, 7) is 0.178. The van der Waals surface area contributed by atoms with Gasteiger partial charge in [0.05, 0.1) is 17.7 Å². The van der Waals surface area contributed by atoms with E-state index < -0.39 is 10.0 Å². The van der Waals surface area contributed by atoms with Gasteiger partial charge in [0.25, 0.3) is 5.91 Å². The molecule has 1 amide bonds. The molecule has 0 atom stereocenters. The van der Waals surface area contributed by atoms with Crippen LogP contribution in [0.25, 0.3) is 33.3 Å². The standard InChI is InChI=1S/C32H27N3O5S/c1-39-24-14-12-23(13-15-24)34-32(36)21-10-16-25(17-11-21)41(37,38)33-19-18-27-26-7-3-4-8-28(26)35-31(27)30-20-22-6-2-5-9-29(22)40-30/h2-17,20,33,35H,18-19H2,1H3,(H,34,36). The average Bonchev–Trinajstić information content (AvgIpc) is 3.59. The summed E-state index contributed by atoms with van der Waals surface area (Å²) in [7, 11) is -2.23. The Morgan fingerprint density at radius 1 is 0.902 bits per heavy atom. The molecule has 0 spiro atoms. The smallest absolute Gasteiger partial charge is 0.255 e. The molecule has 0 aliphatic rings. The second-order valence-corrected chi connectivity index (χ2v) is 11.3. The van der Waals surface area contributed by atoms with Crippen molar-refractivity contribution >= 4 is 43.5 Å². The predicted molar refractivity (Wildman–Crippen MR) is 160 cm³/mol. The maximum absolute atomic E-state index is 13.1. The van der Waals surface area contributed by atoms with Gasteiger partial charge in [-0.15, -0.1) is 0 Å². The molecule has 0 aliphatic carbocycles. The lowest BCUT2D eigenvalue weighted by Crippen LogP contribution is -2.26. The van der Waals surface area contributed by atoms with E-state index in [1.165, 1.54) is 24.3 Å². The molecular formula is C32H27N3O5S. The molecule has 6 aromatic rings. The zero-order valence-electron chi connectivity index (χ0n) is 22.2. The second-order valence-electron chi connectivity index (χ2n) is 9.53. The van der Waals surface area contributed by atoms with Crippen LogP contribution in [0.3, 0.4) is 0 Å². The Bertz CT molecular complexity index is 1920. The van der Waals surface area contributed by atoms with Crippen molar-refractivity contribution in [2.45, 2.75) is 11.3 Å². The van der Waals surface area contributed by atoms with Crippen LogP contribution in [0.15, 0.2) is 112 Å². The number of amides is 1. The molecule has 6 rings (SSSR count). The number of anilines is 1. The fraction of sp³-hybridized carbons (Fsp3) is 0.0938. The van der Waals surface area contributed by atoms with Crippen LogP contribution in [0.4, 0.5) is 5.69 Å². The zero-order chi connectivity index (χ0) is 28.4. The average molecular weight is 566 g/mol. The third-order valence-electron chi connectivity index (χ3n) is 6.93. The van der Waals surface area contributed by atoms with Crippen LogP contribution in [0.5, 0.6) is 5.75 Å². The van der Waals surface area contributed by atoms with Gasteiger partial charge in [-0.3, -0.25) is 4.79 Å². The van der Waals surface area contributed by atoms with Crippen LogP contribution < -0.4 is 14.8 Å². The summed E-state index contributed by atoms with van der Waals surface area (Å²) in [5.41, 5.74) is 4.47. The third kappa shape index (κ3) is 5.45. The minimum Gasteiger partial charge on any atom is -0.497 e. The summed E-state index contributed by atoms with van der Waals surface area (Å²) in [5, 5.41) is 4.79. The number of hydrogen-bond acceptors (Lipinski definition) is 5. The molecule has 0 aliphatic heterocycles. The summed E-state index contributed by atoms with van der Waals surface area (Å²) in [6.07, 6.45) is 0.442. The highest BCUT2D eigenvalue weighted by molar-refractivity contribution is 7.89. The molecule has 0 fully saturated rings. The van der Waals surface area contributed by atoms with E-state index in [1.807, 2.05) is 54.6 Å². The first-order valence-electron chi connectivity index (χ1n) is 13.0. The van der Waals surface area contributed by atoms with E-state index in [4.69, 9.17) is 9.15 Å². The number of furan rings is 1. The SMILES string of the molecule is COc1ccc(NC(=O)c2ccc(S(=O)(=O)NCCc3c(-c4cc5ccccc5o4)[nH]c4ccccc34)cc2)cc1. The Morgan fingerprint density at radius 2 is 1.63 bits per heavy atom. The first kappa shape index (κ1) is 26.4. The largest absolute Gasteiger partial charge is 0.497 e. The summed E-state index contributed by atoms with van der Waals surface area (Å²) < 4.78 is 40.1. The lowest BCUT2D eigenvalue weighted by molar-refractivity contribution is 0.102. The molecule has 41 heavy (non-hydrogen) atoms. The van der Waals surface area contributed by atoms with Gasteiger partial charge in [0.2, 0.25) is 10.0 Å². The number of fused-ring (bicyclic) bond motifs is 2. The van der Waals surface area contributed by atoms with Gasteiger partial charge in [-0.2, -0.15) is 0 Å². The zero-order valence-corrected chi connectivity index (χ0v) is 23.0. The minimum atomic E-state index is -3.80. The van der Waals surface area contributed by atoms with Crippen molar-refractivity contribution < 1.29 is 22.4 Å². The molecule has 8 nitrogen and oxygen atoms in total. The van der Waals surface area contributed by atoms with Crippen LogP contribution in [0, 0.1) is 0 Å². The van der Waals surface area contributed by atoms with Crippen LogP contribution in [-0.2, 0) is 16.4 Å². The van der Waals surface area contributed by atoms with Crippen molar-refractivity contribution in [1.29, 1.82) is 0 Å². The molecular weight excluding hydrogens is 538 g/mol. The first-order valence-corrected chi connectivity index (χ1v) is 14.5. The van der Waals surface area contributed by atoms with E-state index in [0.717, 1.165) is 33.1 Å². The Balaban J connectivity index is 1.16. The molecule has 0 saturated carbocycles. The summed E-state index contributed by atoms with van der Waals surface area (Å²) in [5.74, 6) is 1.04. The lowest BCUT2D eigenvalue weighted by Gasteiger charge is -2.09. The van der Waals surface area contributed by atoms with E-state index in [-0.39, 0.29) is 17.3 Å². The van der Waals surface area contributed by atoms with Crippen molar-refractivity contribution in [3.05, 3.63) is 114 Å². The van der Waals surface area contributed by atoms with Gasteiger partial charge in [0.1, 0.15) is 11.3 Å². The number of aromatic nitrogens is 1. The number of nitrogens with one attached hydrogen (secondary N) is 3. The number of para-hydroxylation sites is 2. The van der Waals surface area contributed by atoms with E-state index in [9.17, 15) is 13.2 Å². The monoisotopic (exact) mass is 565 g/mol. The van der Waals surface area contributed by atoms with Gasteiger partial charge in [-0.25, -0.2) is 13.1 Å². The van der Waals surface area contributed by atoms with E-state index in [1.54, 1.807) is 31.4 Å². The normalized spacial score (nSPS) is 11.6. The molecule has 3 N–H and O–H groups in total. The van der Waals surface area contributed by atoms with Crippen LogP contribution in [0.2, 0.25) is 0 Å². The maximum Gasteiger partial charge on any atom is 0.255 e. The predicted octanol–water partition coefficient (Wildman–Crippen LogP) is 6.36. The number of carbonyl (C=O) groups is 1. The van der Waals surface area contributed by atoms with Gasteiger partial charge < -0.3 is 19.5 Å². The molecule has 9 heteroatoms. The number of hydrogen-bond donors (Lipinski definition) is 3. The summed E-state index contributed by atoms with van der Waals surface area (Å²) in [6, 6.07) is 30.5. The van der Waals surface area contributed by atoms with Gasteiger partial charge >= 0.3 is 0 Å². The first-order chi connectivity index (χ1) is 19.9. The number of rotatable bonds is 9. The Kier molecular flexibility index (Phi) is 7.05. The molecule has 2 aromatic heterocycles. The van der Waals surface area contributed by atoms with Crippen molar-refractivity contribution in [3.8, 4) is 17.2 Å². The van der Waals surface area contributed by atoms with Crippen molar-refractivity contribution in [3.63, 3.8) is 0 Å². The number of carbonyl (C=O) groups excluding carboxylic acids is 1. The number of sulfonamides is 1. The summed E-state index contributed by atoms with van der Waals surface area (Å²) in [4.78, 5) is 16.2. The van der Waals surface area contributed by atoms with Crippen LogP contribution >= 0.6 is 0 Å². The molecule has 2 heterocycles. The second kappa shape index (κ2) is 11.0. The Hall–Kier alpha value is -4.86. The summed E-state index contributed by atoms with van der Waals surface area (Å²) >= 11 is 0. The quantitative estimate of drug-likeness (QED) is 0.189. The number of H-pyrrole nitrogens is 1. The van der Waals surface area contributed by atoms with Crippen LogP contribution in [0.1, 0.15) is 15.9 Å². The molecule has 0 bridgehead atoms. The fourth-order valence-corrected chi connectivity index (χ4v) is 5.86. The van der Waals surface area contributed by atoms with E-state index >= 15 is 0 Å². The fourth-order valence-electron chi connectivity index (χ4n) is 4.83. The number of benzene rings is 4. The highest BCUT2D eigenvalue weighted by atomic mass is 32.2. The molecule has 206 valence electrons. The topological polar surface area (TPSA) is 113 Å². The third-order valence-corrected chi connectivity index (χ3v) is 8.40. The van der Waals surface area contributed by atoms with Gasteiger partial charge in [0.15, 0.2) is 5.76 Å². The highest BCUT2D eigenvalue weighted by Crippen LogP contribution is 2.34. The lowest BCUT2D eigenvalue weighted by atomic mass is 10.1. The van der Waals surface area contributed by atoms with Gasteiger partial charge in [-0.1, -0.05) is 36.4 Å². The molecule has 0 unspecified atom stereocenters. The number of aromatic amines is 1. The van der Waals surface area contributed by atoms with E-state index in [0.29, 0.717) is 29.2 Å². The van der Waals surface area contributed by atoms with Crippen molar-refractivity contribution in [1.82, 2.24) is 9.71 Å². The number of ether oxygens (including phenoxy) is 1. The maximum atomic E-state index is 13.1. The molecule has 4 aromatic carbocycles. The van der Waals surface area contributed by atoms with Gasteiger partial charge in [0, 0.05) is 34.1 Å². The Morgan fingerprint density at radius 3 is 2.39 bits per heavy atom.